The normalized spacial score (nSPS) is 14.0. The average Bonchev–Trinajstić information content (AvgIpc) is 3.28. The molecule has 22 heteroatoms. The number of amides is 9. The summed E-state index contributed by atoms with van der Waals surface area (Å²) < 4.78 is 0. The van der Waals surface area contributed by atoms with E-state index in [2.05, 4.69) is 42.5 Å². The van der Waals surface area contributed by atoms with E-state index in [9.17, 15) is 58.2 Å². The molecule has 2 aromatic carbocycles. The molecule has 0 bridgehead atoms. The fourth-order valence-corrected chi connectivity index (χ4v) is 6.20. The Hall–Kier alpha value is -6.94. The summed E-state index contributed by atoms with van der Waals surface area (Å²) in [4.78, 5) is 127. The summed E-state index contributed by atoms with van der Waals surface area (Å²) in [5.74, 6) is -8.47. The first kappa shape index (κ1) is 54.2. The van der Waals surface area contributed by atoms with Crippen LogP contribution in [0.4, 0.5) is 0 Å². The Kier molecular flexibility index (Phi) is 23.3. The summed E-state index contributed by atoms with van der Waals surface area (Å²) in [5.41, 5.74) is 12.5. The number of carboxylic acids is 1. The van der Waals surface area contributed by atoms with Crippen LogP contribution in [0.25, 0.3) is 11.1 Å². The summed E-state index contributed by atoms with van der Waals surface area (Å²) in [6, 6.07) is 8.21. The van der Waals surface area contributed by atoms with Crippen molar-refractivity contribution < 1.29 is 58.2 Å². The summed E-state index contributed by atoms with van der Waals surface area (Å²) in [6.45, 7) is 4.75. The molecule has 0 saturated heterocycles. The maximum Gasteiger partial charge on any atom is 0.328 e. The molecule has 65 heavy (non-hydrogen) atoms. The van der Waals surface area contributed by atoms with Crippen LogP contribution in [0.2, 0.25) is 0 Å². The minimum atomic E-state index is -1.64. The highest BCUT2D eigenvalue weighted by molar-refractivity contribution is 6.03. The molecule has 7 atom stereocenters. The number of hydrogen-bond acceptors (Lipinski definition) is 12. The molecule has 22 nitrogen and oxygen atoms in total. The third kappa shape index (κ3) is 18.7. The lowest BCUT2D eigenvalue weighted by Gasteiger charge is -2.24. The average molecular weight is 911 g/mol. The number of nitrogens with one attached hydrogen (secondary N) is 8. The van der Waals surface area contributed by atoms with Gasteiger partial charge in [-0.15, -0.1) is 0 Å². The van der Waals surface area contributed by atoms with Crippen LogP contribution in [0.15, 0.2) is 54.6 Å². The van der Waals surface area contributed by atoms with E-state index in [1.165, 1.54) is 13.8 Å². The quantitative estimate of drug-likeness (QED) is 0.0404. The Balaban J connectivity index is 1.98. The van der Waals surface area contributed by atoms with Gasteiger partial charge in [-0.25, -0.2) is 4.79 Å². The Morgan fingerprint density at radius 2 is 1.11 bits per heavy atom. The first-order valence-electron chi connectivity index (χ1n) is 21.2. The van der Waals surface area contributed by atoms with Crippen molar-refractivity contribution >= 4 is 59.1 Å². The Bertz CT molecular complexity index is 1980. The van der Waals surface area contributed by atoms with Gasteiger partial charge < -0.3 is 64.2 Å². The predicted molar refractivity (Wildman–Crippen MR) is 236 cm³/mol. The maximum atomic E-state index is 13.4. The second-order valence-corrected chi connectivity index (χ2v) is 15.1. The van der Waals surface area contributed by atoms with Crippen molar-refractivity contribution in [1.29, 1.82) is 0 Å². The molecule has 0 spiro atoms. The van der Waals surface area contributed by atoms with E-state index in [4.69, 9.17) is 11.5 Å². The van der Waals surface area contributed by atoms with Gasteiger partial charge in [0.15, 0.2) is 6.04 Å². The largest absolute Gasteiger partial charge is 0.480 e. The van der Waals surface area contributed by atoms with Crippen LogP contribution in [0.5, 0.6) is 0 Å². The van der Waals surface area contributed by atoms with E-state index in [-0.39, 0.29) is 32.1 Å². The standard InChI is InChI=1S/C43H62N10O12/c1-5-29(39(60)46-23-35(57)50-31(18-12-13-21-44)42(63)53-36(25(4)54)43(64)65)49-34(56)22-47-40(61)30(6-2)51-41(62)32(19-20-33(45)55)52-37(58)24(3)48-38(59)28-17-11-10-16-27(28)26-14-8-7-9-15-26/h7-11,14-17,24-25,29-32,36,54H,5-6,12-13,18-23,44H2,1-4H3,(H2,45,55)(H,46,60)(H,47,61)(H,48,59)(H,49,56)(H,50,57)(H,51,62)(H,52,58)(H,53,63)(H,64,65)/t24-,25+,29-,30-,31-,32-,36?/m0/s1. The molecule has 0 aliphatic rings. The van der Waals surface area contributed by atoms with Gasteiger partial charge in [0, 0.05) is 12.0 Å². The molecule has 0 aliphatic carbocycles. The van der Waals surface area contributed by atoms with E-state index < -0.39 is 115 Å². The van der Waals surface area contributed by atoms with Gasteiger partial charge in [-0.3, -0.25) is 43.2 Å². The van der Waals surface area contributed by atoms with Crippen LogP contribution in [0.1, 0.15) is 83.0 Å². The zero-order valence-corrected chi connectivity index (χ0v) is 36.9. The first-order chi connectivity index (χ1) is 30.8. The number of primary amides is 1. The van der Waals surface area contributed by atoms with Gasteiger partial charge in [-0.2, -0.15) is 0 Å². The number of nitrogens with two attached hydrogens (primary N) is 2. The number of hydrogen-bond donors (Lipinski definition) is 12. The van der Waals surface area contributed by atoms with E-state index in [0.717, 1.165) is 5.56 Å². The maximum absolute atomic E-state index is 13.4. The SMILES string of the molecule is CC[C@H](NC(=O)CNC(=O)[C@H](CC)NC(=O)[C@H](CCC(N)=O)NC(=O)[C@H](C)NC(=O)c1ccccc1-c1ccccc1)C(=O)NCC(=O)N[C@@H](CCCCN)C(=O)NC(C(=O)O)[C@@H](C)O. The molecule has 9 amide bonds. The number of unbranched alkanes of at least 4 members (excludes halogenated alkanes) is 1. The molecule has 14 N–H and O–H groups in total. The lowest BCUT2D eigenvalue weighted by Crippen LogP contribution is -2.57. The van der Waals surface area contributed by atoms with Crippen LogP contribution in [0.3, 0.4) is 0 Å². The monoisotopic (exact) mass is 910 g/mol. The molecule has 0 saturated carbocycles. The topological polar surface area (TPSA) is 359 Å². The van der Waals surface area contributed by atoms with E-state index >= 15 is 0 Å². The highest BCUT2D eigenvalue weighted by Gasteiger charge is 2.31. The van der Waals surface area contributed by atoms with E-state index in [1.54, 1.807) is 38.1 Å². The van der Waals surface area contributed by atoms with E-state index in [0.29, 0.717) is 30.5 Å². The van der Waals surface area contributed by atoms with Crippen LogP contribution in [0, 0.1) is 0 Å². The van der Waals surface area contributed by atoms with Gasteiger partial charge in [-0.05, 0) is 76.1 Å². The van der Waals surface area contributed by atoms with E-state index in [1.807, 2.05) is 30.3 Å². The number of carboxylic acid groups (broad SMARTS) is 1. The molecule has 0 heterocycles. The molecule has 0 aliphatic heterocycles. The summed E-state index contributed by atoms with van der Waals surface area (Å²) in [5, 5.41) is 38.4. The van der Waals surface area contributed by atoms with Crippen molar-refractivity contribution in [2.75, 3.05) is 19.6 Å². The number of carbonyl (C=O) groups excluding carboxylic acids is 9. The summed E-state index contributed by atoms with van der Waals surface area (Å²) >= 11 is 0. The number of aliphatic hydroxyl groups excluding tert-OH is 1. The zero-order chi connectivity index (χ0) is 48.6. The molecule has 0 radical (unpaired) electrons. The molecular weight excluding hydrogens is 849 g/mol. The molecule has 1 unspecified atom stereocenters. The molecule has 0 fully saturated rings. The predicted octanol–water partition coefficient (Wildman–Crippen LogP) is -2.19. The number of rotatable bonds is 28. The zero-order valence-electron chi connectivity index (χ0n) is 36.9. The van der Waals surface area contributed by atoms with Gasteiger partial charge >= 0.3 is 5.97 Å². The fourth-order valence-electron chi connectivity index (χ4n) is 6.20. The fraction of sp³-hybridized carbons (Fsp3) is 0.488. The minimum Gasteiger partial charge on any atom is -0.480 e. The van der Waals surface area contributed by atoms with Gasteiger partial charge in [0.1, 0.15) is 30.2 Å². The minimum absolute atomic E-state index is 0.0290. The van der Waals surface area contributed by atoms with Gasteiger partial charge in [0.2, 0.25) is 47.3 Å². The highest BCUT2D eigenvalue weighted by atomic mass is 16.4. The lowest BCUT2D eigenvalue weighted by molar-refractivity contribution is -0.145. The van der Waals surface area contributed by atoms with Crippen molar-refractivity contribution in [3.05, 3.63) is 60.2 Å². The number of aliphatic hydroxyl groups is 1. The Morgan fingerprint density at radius 1 is 0.600 bits per heavy atom. The van der Waals surface area contributed by atoms with Crippen molar-refractivity contribution in [2.24, 2.45) is 11.5 Å². The second-order valence-electron chi connectivity index (χ2n) is 15.1. The molecular formula is C43H62N10O12. The number of aliphatic carboxylic acids is 1. The van der Waals surface area contributed by atoms with Gasteiger partial charge in [-0.1, -0.05) is 62.4 Å². The highest BCUT2D eigenvalue weighted by Crippen LogP contribution is 2.23. The van der Waals surface area contributed by atoms with Crippen molar-refractivity contribution in [3.63, 3.8) is 0 Å². The van der Waals surface area contributed by atoms with Crippen LogP contribution < -0.4 is 54.0 Å². The van der Waals surface area contributed by atoms with Gasteiger partial charge in [0.05, 0.1) is 19.2 Å². The van der Waals surface area contributed by atoms with Gasteiger partial charge in [0.25, 0.3) is 5.91 Å². The number of benzene rings is 2. The third-order valence-electron chi connectivity index (χ3n) is 9.90. The molecule has 2 aromatic rings. The van der Waals surface area contributed by atoms with Crippen molar-refractivity contribution in [3.8, 4) is 11.1 Å². The first-order valence-corrected chi connectivity index (χ1v) is 21.2. The molecule has 0 aromatic heterocycles. The second kappa shape index (κ2) is 28.0. The Labute approximate surface area is 376 Å². The molecule has 2 rings (SSSR count). The Morgan fingerprint density at radius 3 is 1.65 bits per heavy atom. The summed E-state index contributed by atoms with van der Waals surface area (Å²) in [7, 11) is 0. The van der Waals surface area contributed by atoms with Crippen LogP contribution in [-0.4, -0.2) is 131 Å². The van der Waals surface area contributed by atoms with Crippen LogP contribution in [-0.2, 0) is 43.2 Å². The lowest BCUT2D eigenvalue weighted by atomic mass is 9.99. The third-order valence-corrected chi connectivity index (χ3v) is 9.90. The smallest absolute Gasteiger partial charge is 0.328 e. The molecule has 356 valence electrons. The van der Waals surface area contributed by atoms with Crippen molar-refractivity contribution in [2.45, 2.75) is 115 Å². The number of carbonyl (C=O) groups is 10. The van der Waals surface area contributed by atoms with Crippen LogP contribution >= 0.6 is 0 Å². The van der Waals surface area contributed by atoms with Crippen molar-refractivity contribution in [1.82, 2.24) is 42.5 Å². The summed E-state index contributed by atoms with van der Waals surface area (Å²) in [6.07, 6.45) is -0.933.